The number of aromatic amines is 1. The molecule has 0 bridgehead atoms. The quantitative estimate of drug-likeness (QED) is 0.847. The van der Waals surface area contributed by atoms with Gasteiger partial charge in [-0.1, -0.05) is 0 Å². The van der Waals surface area contributed by atoms with E-state index in [0.717, 1.165) is 11.0 Å². The molecule has 0 fully saturated rings. The van der Waals surface area contributed by atoms with E-state index >= 15 is 0 Å². The number of alkyl halides is 2. The van der Waals surface area contributed by atoms with Crippen LogP contribution in [0.5, 0.6) is 0 Å². The first-order chi connectivity index (χ1) is 8.81. The van der Waals surface area contributed by atoms with E-state index in [9.17, 15) is 23.5 Å². The molecule has 2 N–H and O–H groups in total. The van der Waals surface area contributed by atoms with Crippen LogP contribution in [-0.4, -0.2) is 46.5 Å². The van der Waals surface area contributed by atoms with Gasteiger partial charge in [0.1, 0.15) is 0 Å². The van der Waals surface area contributed by atoms with Crippen LogP contribution in [0, 0.1) is 0 Å². The molecule has 0 aliphatic heterocycles. The molecule has 0 radical (unpaired) electrons. The Bertz CT molecular complexity index is 495. The summed E-state index contributed by atoms with van der Waals surface area (Å²) < 4.78 is 25.2. The molecule has 0 saturated carbocycles. The van der Waals surface area contributed by atoms with Gasteiger partial charge in [0.05, 0.1) is 18.2 Å². The summed E-state index contributed by atoms with van der Waals surface area (Å²) in [7, 11) is 0. The fraction of sp³-hybridized carbons (Fsp3) is 0.455. The molecule has 0 aromatic carbocycles. The number of carbonyl (C=O) groups is 1. The molecular weight excluding hydrogens is 326 g/mol. The standard InChI is InChI=1S/C11H13BrF2N2O3/c1-6(17)4-16(5-9(13)14)11(19)7-2-10(18)15-3-8(7)12/h2-3,6,9,17H,4-5H2,1H3,(H,15,18)/t6-/m0/s1. The fourth-order valence-electron chi connectivity index (χ4n) is 1.51. The van der Waals surface area contributed by atoms with E-state index in [1.807, 2.05) is 0 Å². The summed E-state index contributed by atoms with van der Waals surface area (Å²) in [5.74, 6) is -0.737. The Morgan fingerprint density at radius 3 is 2.68 bits per heavy atom. The Hall–Kier alpha value is -1.28. The minimum absolute atomic E-state index is 0.0231. The number of halogens is 3. The van der Waals surface area contributed by atoms with Gasteiger partial charge in [0.2, 0.25) is 5.56 Å². The van der Waals surface area contributed by atoms with E-state index in [2.05, 4.69) is 20.9 Å². The Labute approximate surface area is 116 Å². The van der Waals surface area contributed by atoms with Gasteiger partial charge in [-0.15, -0.1) is 0 Å². The van der Waals surface area contributed by atoms with Crippen molar-refractivity contribution in [3.05, 3.63) is 32.7 Å². The number of aliphatic hydroxyl groups excluding tert-OH is 1. The van der Waals surface area contributed by atoms with E-state index in [1.54, 1.807) is 0 Å². The third-order valence-electron chi connectivity index (χ3n) is 2.23. The van der Waals surface area contributed by atoms with Gasteiger partial charge in [-0.3, -0.25) is 9.59 Å². The summed E-state index contributed by atoms with van der Waals surface area (Å²) in [5.41, 5.74) is -0.536. The van der Waals surface area contributed by atoms with Crippen molar-refractivity contribution in [3.63, 3.8) is 0 Å². The zero-order chi connectivity index (χ0) is 14.6. The van der Waals surface area contributed by atoms with Crippen LogP contribution in [0.2, 0.25) is 0 Å². The highest BCUT2D eigenvalue weighted by Crippen LogP contribution is 2.16. The highest BCUT2D eigenvalue weighted by Gasteiger charge is 2.23. The number of hydrogen-bond acceptors (Lipinski definition) is 3. The predicted octanol–water partition coefficient (Wildman–Crippen LogP) is 1.23. The number of H-pyrrole nitrogens is 1. The van der Waals surface area contributed by atoms with Gasteiger partial charge >= 0.3 is 0 Å². The largest absolute Gasteiger partial charge is 0.392 e. The van der Waals surface area contributed by atoms with Crippen molar-refractivity contribution < 1.29 is 18.7 Å². The maximum atomic E-state index is 12.4. The third kappa shape index (κ3) is 4.71. The SMILES string of the molecule is C[C@H](O)CN(CC(F)F)C(=O)c1cc(=O)[nH]cc1Br. The average Bonchev–Trinajstić information content (AvgIpc) is 2.29. The second kappa shape index (κ2) is 6.76. The zero-order valence-electron chi connectivity index (χ0n) is 10.1. The summed E-state index contributed by atoms with van der Waals surface area (Å²) in [5, 5.41) is 9.24. The van der Waals surface area contributed by atoms with E-state index in [4.69, 9.17) is 0 Å². The topological polar surface area (TPSA) is 73.4 Å². The van der Waals surface area contributed by atoms with E-state index in [1.165, 1.54) is 13.1 Å². The van der Waals surface area contributed by atoms with Crippen LogP contribution in [0.1, 0.15) is 17.3 Å². The molecule has 19 heavy (non-hydrogen) atoms. The minimum Gasteiger partial charge on any atom is -0.392 e. The van der Waals surface area contributed by atoms with E-state index in [-0.39, 0.29) is 12.1 Å². The highest BCUT2D eigenvalue weighted by molar-refractivity contribution is 9.10. The first kappa shape index (κ1) is 15.8. The lowest BCUT2D eigenvalue weighted by Crippen LogP contribution is -2.40. The maximum Gasteiger partial charge on any atom is 0.255 e. The van der Waals surface area contributed by atoms with Gasteiger partial charge in [0.15, 0.2) is 0 Å². The molecule has 1 amide bonds. The monoisotopic (exact) mass is 338 g/mol. The molecule has 0 aliphatic rings. The number of rotatable bonds is 5. The number of aliphatic hydroxyl groups is 1. The van der Waals surface area contributed by atoms with Gasteiger partial charge in [0, 0.05) is 23.3 Å². The lowest BCUT2D eigenvalue weighted by molar-refractivity contribution is 0.0419. The Kier molecular flexibility index (Phi) is 5.61. The summed E-state index contributed by atoms with van der Waals surface area (Å²) in [6.45, 7) is 0.351. The van der Waals surface area contributed by atoms with Gasteiger partial charge in [-0.25, -0.2) is 8.78 Å². The number of pyridine rings is 1. The van der Waals surface area contributed by atoms with Crippen molar-refractivity contribution in [1.82, 2.24) is 9.88 Å². The molecule has 1 aromatic heterocycles. The number of nitrogens with one attached hydrogen (secondary N) is 1. The summed E-state index contributed by atoms with van der Waals surface area (Å²) in [6, 6.07) is 1.02. The fourth-order valence-corrected chi connectivity index (χ4v) is 1.91. The molecule has 0 unspecified atom stereocenters. The first-order valence-electron chi connectivity index (χ1n) is 5.45. The molecule has 1 aromatic rings. The molecule has 106 valence electrons. The molecular formula is C11H13BrF2N2O3. The van der Waals surface area contributed by atoms with Gasteiger partial charge in [-0.05, 0) is 22.9 Å². The van der Waals surface area contributed by atoms with Crippen molar-refractivity contribution in [3.8, 4) is 0 Å². The molecule has 0 spiro atoms. The molecule has 1 rings (SSSR count). The second-order valence-electron chi connectivity index (χ2n) is 4.01. The van der Waals surface area contributed by atoms with E-state index in [0.29, 0.717) is 4.47 Å². The first-order valence-corrected chi connectivity index (χ1v) is 6.24. The number of amides is 1. The van der Waals surface area contributed by atoms with Crippen LogP contribution in [0.3, 0.4) is 0 Å². The lowest BCUT2D eigenvalue weighted by Gasteiger charge is -2.24. The molecule has 5 nitrogen and oxygen atoms in total. The highest BCUT2D eigenvalue weighted by atomic mass is 79.9. The smallest absolute Gasteiger partial charge is 0.255 e. The number of carbonyl (C=O) groups excluding carboxylic acids is 1. The third-order valence-corrected chi connectivity index (χ3v) is 2.89. The molecule has 8 heteroatoms. The van der Waals surface area contributed by atoms with Crippen LogP contribution in [0.25, 0.3) is 0 Å². The van der Waals surface area contributed by atoms with Crippen LogP contribution in [0.4, 0.5) is 8.78 Å². The minimum atomic E-state index is -2.72. The summed E-state index contributed by atoms with van der Waals surface area (Å²) >= 11 is 3.06. The maximum absolute atomic E-state index is 12.4. The predicted molar refractivity (Wildman–Crippen MR) is 68.4 cm³/mol. The van der Waals surface area contributed by atoms with Gasteiger partial charge in [-0.2, -0.15) is 0 Å². The van der Waals surface area contributed by atoms with Crippen molar-refractivity contribution in [2.45, 2.75) is 19.5 Å². The lowest BCUT2D eigenvalue weighted by atomic mass is 10.2. The van der Waals surface area contributed by atoms with Crippen molar-refractivity contribution in [1.29, 1.82) is 0 Å². The average molecular weight is 339 g/mol. The van der Waals surface area contributed by atoms with Crippen LogP contribution < -0.4 is 5.56 Å². The van der Waals surface area contributed by atoms with Crippen LogP contribution in [0.15, 0.2) is 21.5 Å². The van der Waals surface area contributed by atoms with Crippen molar-refractivity contribution in [2.24, 2.45) is 0 Å². The molecule has 0 saturated heterocycles. The van der Waals surface area contributed by atoms with Crippen LogP contribution in [-0.2, 0) is 0 Å². The number of nitrogens with zero attached hydrogens (tertiary/aromatic N) is 1. The molecule has 1 atom stereocenters. The van der Waals surface area contributed by atoms with Crippen molar-refractivity contribution in [2.75, 3.05) is 13.1 Å². The second-order valence-corrected chi connectivity index (χ2v) is 4.86. The summed E-state index contributed by atoms with van der Waals surface area (Å²) in [4.78, 5) is 26.4. The Balaban J connectivity index is 3.04. The van der Waals surface area contributed by atoms with Crippen LogP contribution >= 0.6 is 15.9 Å². The van der Waals surface area contributed by atoms with Gasteiger partial charge in [0.25, 0.3) is 12.3 Å². The van der Waals surface area contributed by atoms with Crippen molar-refractivity contribution >= 4 is 21.8 Å². The molecule has 0 aliphatic carbocycles. The zero-order valence-corrected chi connectivity index (χ0v) is 11.7. The molecule has 1 heterocycles. The normalized spacial score (nSPS) is 12.5. The number of aromatic nitrogens is 1. The summed E-state index contributed by atoms with van der Waals surface area (Å²) in [6.07, 6.45) is -2.40. The number of hydrogen-bond donors (Lipinski definition) is 2. The Morgan fingerprint density at radius 1 is 1.53 bits per heavy atom. The van der Waals surface area contributed by atoms with Gasteiger partial charge < -0.3 is 15.0 Å². The van der Waals surface area contributed by atoms with E-state index < -0.39 is 30.5 Å². The Morgan fingerprint density at radius 2 is 2.16 bits per heavy atom.